The average molecular weight is 431 g/mol. The first-order chi connectivity index (χ1) is 9.06. The van der Waals surface area contributed by atoms with Crippen molar-refractivity contribution in [2.24, 2.45) is 0 Å². The molecule has 0 unspecified atom stereocenters. The summed E-state index contributed by atoms with van der Waals surface area (Å²) in [5.41, 5.74) is 1.69. The zero-order valence-electron chi connectivity index (χ0n) is 10.3. The largest absolute Gasteiger partial charge is 0.485 e. The van der Waals surface area contributed by atoms with Gasteiger partial charge in [0.15, 0.2) is 12.4 Å². The van der Waals surface area contributed by atoms with Crippen LogP contribution in [0.25, 0.3) is 0 Å². The summed E-state index contributed by atoms with van der Waals surface area (Å²) in [4.78, 5) is 12.0. The molecule has 0 aliphatic rings. The SMILES string of the molecule is Cc1ccc(Br)cc1OCC(=O)c1ccc(I)cc1. The normalized spacial score (nSPS) is 10.3. The van der Waals surface area contributed by atoms with Crippen molar-refractivity contribution < 1.29 is 9.53 Å². The van der Waals surface area contributed by atoms with Crippen molar-refractivity contribution in [1.82, 2.24) is 0 Å². The van der Waals surface area contributed by atoms with Gasteiger partial charge in [0.25, 0.3) is 0 Å². The summed E-state index contributed by atoms with van der Waals surface area (Å²) in [6, 6.07) is 13.2. The highest BCUT2D eigenvalue weighted by atomic mass is 127. The highest BCUT2D eigenvalue weighted by Crippen LogP contribution is 2.23. The third-order valence-corrected chi connectivity index (χ3v) is 3.89. The Balaban J connectivity index is 2.04. The number of aryl methyl sites for hydroxylation is 1. The van der Waals surface area contributed by atoms with Crippen molar-refractivity contribution in [3.05, 3.63) is 61.6 Å². The molecule has 0 radical (unpaired) electrons. The molecule has 2 nitrogen and oxygen atoms in total. The summed E-state index contributed by atoms with van der Waals surface area (Å²) >= 11 is 5.60. The number of carbonyl (C=O) groups excluding carboxylic acids is 1. The fourth-order valence-corrected chi connectivity index (χ4v) is 2.29. The van der Waals surface area contributed by atoms with E-state index in [0.717, 1.165) is 19.4 Å². The standard InChI is InChI=1S/C15H12BrIO2/c1-10-2-5-12(16)8-15(10)19-9-14(18)11-3-6-13(17)7-4-11/h2-8H,9H2,1H3. The Hall–Kier alpha value is -0.880. The minimum atomic E-state index is -0.0178. The second-order valence-corrected chi connectivity index (χ2v) is 6.29. The minimum Gasteiger partial charge on any atom is -0.485 e. The van der Waals surface area contributed by atoms with Crippen molar-refractivity contribution in [3.8, 4) is 5.75 Å². The third-order valence-electron chi connectivity index (χ3n) is 2.68. The van der Waals surface area contributed by atoms with Crippen LogP contribution in [0.15, 0.2) is 46.9 Å². The lowest BCUT2D eigenvalue weighted by Gasteiger charge is -2.09. The van der Waals surface area contributed by atoms with E-state index in [0.29, 0.717) is 5.56 Å². The van der Waals surface area contributed by atoms with E-state index >= 15 is 0 Å². The van der Waals surface area contributed by atoms with E-state index in [2.05, 4.69) is 38.5 Å². The molecule has 4 heteroatoms. The topological polar surface area (TPSA) is 26.3 Å². The highest BCUT2D eigenvalue weighted by Gasteiger charge is 2.08. The van der Waals surface area contributed by atoms with Crippen molar-refractivity contribution in [2.75, 3.05) is 6.61 Å². The number of benzene rings is 2. The number of rotatable bonds is 4. The van der Waals surface area contributed by atoms with Gasteiger partial charge in [-0.25, -0.2) is 0 Å². The van der Waals surface area contributed by atoms with E-state index in [1.54, 1.807) is 0 Å². The summed E-state index contributed by atoms with van der Waals surface area (Å²) < 4.78 is 7.63. The van der Waals surface area contributed by atoms with Crippen LogP contribution in [0.1, 0.15) is 15.9 Å². The zero-order chi connectivity index (χ0) is 13.8. The second kappa shape index (κ2) is 6.52. The van der Waals surface area contributed by atoms with Crippen molar-refractivity contribution in [2.45, 2.75) is 6.92 Å². The van der Waals surface area contributed by atoms with Crippen LogP contribution in [-0.4, -0.2) is 12.4 Å². The maximum atomic E-state index is 12.0. The van der Waals surface area contributed by atoms with Crippen LogP contribution in [0.3, 0.4) is 0 Å². The van der Waals surface area contributed by atoms with E-state index in [4.69, 9.17) is 4.74 Å². The summed E-state index contributed by atoms with van der Waals surface area (Å²) in [7, 11) is 0. The number of hydrogen-bond acceptors (Lipinski definition) is 2. The van der Waals surface area contributed by atoms with Gasteiger partial charge in [-0.2, -0.15) is 0 Å². The number of hydrogen-bond donors (Lipinski definition) is 0. The highest BCUT2D eigenvalue weighted by molar-refractivity contribution is 14.1. The molecule has 0 spiro atoms. The first-order valence-electron chi connectivity index (χ1n) is 5.74. The Morgan fingerprint density at radius 2 is 1.89 bits per heavy atom. The molecule has 2 aromatic rings. The second-order valence-electron chi connectivity index (χ2n) is 4.13. The summed E-state index contributed by atoms with van der Waals surface area (Å²) in [5, 5.41) is 0. The number of ketones is 1. The Bertz CT molecular complexity index is 594. The molecule has 0 saturated carbocycles. The van der Waals surface area contributed by atoms with Crippen LogP contribution < -0.4 is 4.74 Å². The minimum absolute atomic E-state index is 0.0178. The van der Waals surface area contributed by atoms with Crippen LogP contribution >= 0.6 is 38.5 Å². The number of carbonyl (C=O) groups is 1. The van der Waals surface area contributed by atoms with Gasteiger partial charge in [0.1, 0.15) is 5.75 Å². The molecule has 0 heterocycles. The fourth-order valence-electron chi connectivity index (χ4n) is 1.59. The molecule has 0 bridgehead atoms. The maximum Gasteiger partial charge on any atom is 0.200 e. The maximum absolute atomic E-state index is 12.0. The van der Waals surface area contributed by atoms with Crippen molar-refractivity contribution in [1.29, 1.82) is 0 Å². The molecule has 19 heavy (non-hydrogen) atoms. The predicted octanol–water partition coefficient (Wildman–Crippen LogP) is 4.62. The molecule has 0 aliphatic carbocycles. The number of ether oxygens (including phenoxy) is 1. The molecule has 2 aromatic carbocycles. The van der Waals surface area contributed by atoms with E-state index in [9.17, 15) is 4.79 Å². The monoisotopic (exact) mass is 430 g/mol. The molecular weight excluding hydrogens is 419 g/mol. The van der Waals surface area contributed by atoms with E-state index < -0.39 is 0 Å². The van der Waals surface area contributed by atoms with Crippen LogP contribution in [-0.2, 0) is 0 Å². The van der Waals surface area contributed by atoms with Crippen LogP contribution in [0, 0.1) is 10.5 Å². The van der Waals surface area contributed by atoms with Gasteiger partial charge in [-0.3, -0.25) is 4.79 Å². The van der Waals surface area contributed by atoms with E-state index in [1.807, 2.05) is 49.4 Å². The van der Waals surface area contributed by atoms with Gasteiger partial charge in [-0.1, -0.05) is 34.1 Å². The lowest BCUT2D eigenvalue weighted by atomic mass is 10.1. The molecule has 0 aromatic heterocycles. The lowest BCUT2D eigenvalue weighted by molar-refractivity contribution is 0.0921. The molecule has 98 valence electrons. The quantitative estimate of drug-likeness (QED) is 0.522. The molecule has 2 rings (SSSR count). The summed E-state index contributed by atoms with van der Waals surface area (Å²) in [6.07, 6.45) is 0. The third kappa shape index (κ3) is 4.04. The average Bonchev–Trinajstić information content (AvgIpc) is 2.40. The van der Waals surface area contributed by atoms with Crippen LogP contribution in [0.4, 0.5) is 0 Å². The van der Waals surface area contributed by atoms with Gasteiger partial charge in [-0.05, 0) is 59.3 Å². The molecule has 0 aliphatic heterocycles. The fraction of sp³-hybridized carbons (Fsp3) is 0.133. The van der Waals surface area contributed by atoms with Gasteiger partial charge < -0.3 is 4.74 Å². The van der Waals surface area contributed by atoms with Gasteiger partial charge >= 0.3 is 0 Å². The first-order valence-corrected chi connectivity index (χ1v) is 7.61. The Kier molecular flexibility index (Phi) is 4.99. The Morgan fingerprint density at radius 3 is 2.58 bits per heavy atom. The summed E-state index contributed by atoms with van der Waals surface area (Å²) in [6.45, 7) is 2.01. The lowest BCUT2D eigenvalue weighted by Crippen LogP contribution is -2.12. The van der Waals surface area contributed by atoms with Crippen molar-refractivity contribution in [3.63, 3.8) is 0 Å². The number of halogens is 2. The van der Waals surface area contributed by atoms with Gasteiger partial charge in [0.2, 0.25) is 0 Å². The van der Waals surface area contributed by atoms with Crippen LogP contribution in [0.2, 0.25) is 0 Å². The first kappa shape index (κ1) is 14.5. The molecule has 0 fully saturated rings. The van der Waals surface area contributed by atoms with Crippen LogP contribution in [0.5, 0.6) is 5.75 Å². The zero-order valence-corrected chi connectivity index (χ0v) is 14.1. The Morgan fingerprint density at radius 1 is 1.21 bits per heavy atom. The number of Topliss-reactive ketones (excluding diaryl/α,β-unsaturated/α-hetero) is 1. The molecule has 0 atom stereocenters. The molecule has 0 amide bonds. The van der Waals surface area contributed by atoms with E-state index in [-0.39, 0.29) is 12.4 Å². The van der Waals surface area contributed by atoms with E-state index in [1.165, 1.54) is 0 Å². The molecule has 0 N–H and O–H groups in total. The van der Waals surface area contributed by atoms with Gasteiger partial charge in [-0.15, -0.1) is 0 Å². The summed E-state index contributed by atoms with van der Waals surface area (Å²) in [5.74, 6) is 0.712. The smallest absolute Gasteiger partial charge is 0.200 e. The molecule has 0 saturated heterocycles. The predicted molar refractivity (Wildman–Crippen MR) is 87.9 cm³/mol. The Labute approximate surface area is 134 Å². The van der Waals surface area contributed by atoms with Gasteiger partial charge in [0, 0.05) is 13.6 Å². The van der Waals surface area contributed by atoms with Gasteiger partial charge in [0.05, 0.1) is 0 Å². The van der Waals surface area contributed by atoms with Crippen molar-refractivity contribution >= 4 is 44.3 Å². The molecular formula is C15H12BrIO2.